The first-order valence-electron chi connectivity index (χ1n) is 5.07. The Morgan fingerprint density at radius 2 is 2.06 bits per heavy atom. The summed E-state index contributed by atoms with van der Waals surface area (Å²) in [6.45, 7) is 0. The van der Waals surface area contributed by atoms with E-state index in [1.807, 2.05) is 0 Å². The zero-order chi connectivity index (χ0) is 11.7. The van der Waals surface area contributed by atoms with Gasteiger partial charge in [-0.05, 0) is 31.4 Å². The molecule has 0 unspecified atom stereocenters. The lowest BCUT2D eigenvalue weighted by Crippen LogP contribution is -2.26. The van der Waals surface area contributed by atoms with Gasteiger partial charge in [0.1, 0.15) is 6.10 Å². The highest BCUT2D eigenvalue weighted by molar-refractivity contribution is 9.10. The molecule has 0 radical (unpaired) electrons. The van der Waals surface area contributed by atoms with Crippen molar-refractivity contribution in [2.75, 3.05) is 0 Å². The summed E-state index contributed by atoms with van der Waals surface area (Å²) in [4.78, 5) is 0. The van der Waals surface area contributed by atoms with Crippen LogP contribution in [0.5, 0.6) is 5.75 Å². The minimum Gasteiger partial charge on any atom is -0.484 e. The minimum absolute atomic E-state index is 0.155. The second kappa shape index (κ2) is 4.67. The average Bonchev–Trinajstić information content (AvgIpc) is 2.60. The highest BCUT2D eigenvalue weighted by Crippen LogP contribution is 2.30. The number of benzene rings is 1. The molecule has 0 spiro atoms. The maximum absolute atomic E-state index is 13.4. The third kappa shape index (κ3) is 2.35. The molecular formula is C11H11BrF2O2. The van der Waals surface area contributed by atoms with Gasteiger partial charge in [0.15, 0.2) is 11.6 Å². The molecule has 0 amide bonds. The van der Waals surface area contributed by atoms with Crippen molar-refractivity contribution in [3.05, 3.63) is 28.2 Å². The zero-order valence-electron chi connectivity index (χ0n) is 8.42. The standard InChI is InChI=1S/C11H11BrF2O2/c12-6-4-7(13)11(14)10(5-6)16-9-3-1-2-8(9)15/h4-5,8-9,15H,1-3H2/t8-,9-/m0/s1. The Morgan fingerprint density at radius 1 is 1.31 bits per heavy atom. The quantitative estimate of drug-likeness (QED) is 0.849. The number of rotatable bonds is 2. The molecule has 1 N–H and O–H groups in total. The molecule has 0 bridgehead atoms. The first-order chi connectivity index (χ1) is 7.58. The number of aliphatic hydroxyl groups excluding tert-OH is 1. The van der Waals surface area contributed by atoms with E-state index in [9.17, 15) is 13.9 Å². The highest BCUT2D eigenvalue weighted by atomic mass is 79.9. The first kappa shape index (κ1) is 11.8. The van der Waals surface area contributed by atoms with Crippen LogP contribution in [0.15, 0.2) is 16.6 Å². The van der Waals surface area contributed by atoms with E-state index in [2.05, 4.69) is 15.9 Å². The van der Waals surface area contributed by atoms with Crippen molar-refractivity contribution in [3.63, 3.8) is 0 Å². The van der Waals surface area contributed by atoms with Gasteiger partial charge < -0.3 is 9.84 Å². The summed E-state index contributed by atoms with van der Waals surface area (Å²) in [5.74, 6) is -2.13. The summed E-state index contributed by atoms with van der Waals surface area (Å²) in [6.07, 6.45) is 1.10. The van der Waals surface area contributed by atoms with Gasteiger partial charge in [0.2, 0.25) is 5.82 Å². The van der Waals surface area contributed by atoms with Gasteiger partial charge in [-0.3, -0.25) is 0 Å². The molecule has 2 atom stereocenters. The van der Waals surface area contributed by atoms with Gasteiger partial charge in [-0.1, -0.05) is 15.9 Å². The van der Waals surface area contributed by atoms with E-state index in [-0.39, 0.29) is 5.75 Å². The summed E-state index contributed by atoms with van der Waals surface area (Å²) >= 11 is 3.06. The molecule has 0 aliphatic heterocycles. The molecular weight excluding hydrogens is 282 g/mol. The summed E-state index contributed by atoms with van der Waals surface area (Å²) in [7, 11) is 0. The normalized spacial score (nSPS) is 24.8. The minimum atomic E-state index is -1.01. The lowest BCUT2D eigenvalue weighted by Gasteiger charge is -2.17. The summed E-state index contributed by atoms with van der Waals surface area (Å²) in [5.41, 5.74) is 0. The molecule has 2 nitrogen and oxygen atoms in total. The van der Waals surface area contributed by atoms with Crippen LogP contribution in [0.4, 0.5) is 8.78 Å². The van der Waals surface area contributed by atoms with E-state index in [0.29, 0.717) is 17.3 Å². The molecule has 0 aromatic heterocycles. The Balaban J connectivity index is 2.20. The van der Waals surface area contributed by atoms with Crippen LogP contribution in [0.2, 0.25) is 0 Å². The number of ether oxygens (including phenoxy) is 1. The Labute approximate surface area is 100 Å². The van der Waals surface area contributed by atoms with E-state index in [0.717, 1.165) is 12.5 Å². The zero-order valence-corrected chi connectivity index (χ0v) is 10.0. The summed E-state index contributed by atoms with van der Waals surface area (Å²) < 4.78 is 32.1. The predicted octanol–water partition coefficient (Wildman–Crippen LogP) is 3.02. The van der Waals surface area contributed by atoms with Crippen molar-refractivity contribution >= 4 is 15.9 Å². The van der Waals surface area contributed by atoms with Crippen molar-refractivity contribution < 1.29 is 18.6 Å². The SMILES string of the molecule is O[C@H]1CCC[C@@H]1Oc1cc(Br)cc(F)c1F. The monoisotopic (exact) mass is 292 g/mol. The van der Waals surface area contributed by atoms with Crippen molar-refractivity contribution in [1.82, 2.24) is 0 Å². The first-order valence-corrected chi connectivity index (χ1v) is 5.86. The molecule has 88 valence electrons. The Kier molecular flexibility index (Phi) is 3.44. The molecule has 1 aromatic carbocycles. The van der Waals surface area contributed by atoms with Gasteiger partial charge >= 0.3 is 0 Å². The van der Waals surface area contributed by atoms with Gasteiger partial charge in [-0.2, -0.15) is 4.39 Å². The Morgan fingerprint density at radius 3 is 2.69 bits per heavy atom. The van der Waals surface area contributed by atoms with Crippen LogP contribution in [0.3, 0.4) is 0 Å². The maximum atomic E-state index is 13.4. The number of aliphatic hydroxyl groups is 1. The Bertz CT molecular complexity index is 398. The molecule has 1 aromatic rings. The highest BCUT2D eigenvalue weighted by Gasteiger charge is 2.28. The van der Waals surface area contributed by atoms with E-state index in [4.69, 9.17) is 4.74 Å². The van der Waals surface area contributed by atoms with Crippen LogP contribution >= 0.6 is 15.9 Å². The fourth-order valence-electron chi connectivity index (χ4n) is 1.83. The molecule has 1 aliphatic carbocycles. The van der Waals surface area contributed by atoms with E-state index in [1.165, 1.54) is 6.07 Å². The second-order valence-corrected chi connectivity index (χ2v) is 4.77. The summed E-state index contributed by atoms with van der Waals surface area (Å²) in [6, 6.07) is 2.40. The summed E-state index contributed by atoms with van der Waals surface area (Å²) in [5, 5.41) is 9.53. The van der Waals surface area contributed by atoms with Gasteiger partial charge in [0.25, 0.3) is 0 Å². The fourth-order valence-corrected chi connectivity index (χ4v) is 2.23. The van der Waals surface area contributed by atoms with Crippen molar-refractivity contribution in [3.8, 4) is 5.75 Å². The van der Waals surface area contributed by atoms with Crippen molar-refractivity contribution in [2.24, 2.45) is 0 Å². The van der Waals surface area contributed by atoms with Crippen molar-refractivity contribution in [2.45, 2.75) is 31.5 Å². The number of hydrogen-bond donors (Lipinski definition) is 1. The lowest BCUT2D eigenvalue weighted by atomic mass is 10.2. The van der Waals surface area contributed by atoms with Gasteiger partial charge in [-0.25, -0.2) is 4.39 Å². The molecule has 0 saturated heterocycles. The van der Waals surface area contributed by atoms with Crippen LogP contribution in [0.1, 0.15) is 19.3 Å². The Hall–Kier alpha value is -0.680. The van der Waals surface area contributed by atoms with E-state index < -0.39 is 23.8 Å². The maximum Gasteiger partial charge on any atom is 0.200 e. The van der Waals surface area contributed by atoms with E-state index >= 15 is 0 Å². The number of hydrogen-bond acceptors (Lipinski definition) is 2. The fraction of sp³-hybridized carbons (Fsp3) is 0.455. The molecule has 2 rings (SSSR count). The van der Waals surface area contributed by atoms with E-state index in [1.54, 1.807) is 0 Å². The predicted molar refractivity (Wildman–Crippen MR) is 58.3 cm³/mol. The van der Waals surface area contributed by atoms with Crippen LogP contribution < -0.4 is 4.74 Å². The molecule has 1 saturated carbocycles. The topological polar surface area (TPSA) is 29.5 Å². The molecule has 1 aliphatic rings. The van der Waals surface area contributed by atoms with Crippen LogP contribution in [-0.4, -0.2) is 17.3 Å². The molecule has 5 heteroatoms. The van der Waals surface area contributed by atoms with Gasteiger partial charge in [-0.15, -0.1) is 0 Å². The van der Waals surface area contributed by atoms with Crippen LogP contribution in [-0.2, 0) is 0 Å². The van der Waals surface area contributed by atoms with Crippen LogP contribution in [0.25, 0.3) is 0 Å². The second-order valence-electron chi connectivity index (χ2n) is 3.85. The van der Waals surface area contributed by atoms with Crippen LogP contribution in [0, 0.1) is 11.6 Å². The smallest absolute Gasteiger partial charge is 0.200 e. The third-order valence-electron chi connectivity index (χ3n) is 2.66. The largest absolute Gasteiger partial charge is 0.484 e. The van der Waals surface area contributed by atoms with Crippen molar-refractivity contribution in [1.29, 1.82) is 0 Å². The molecule has 16 heavy (non-hydrogen) atoms. The lowest BCUT2D eigenvalue weighted by molar-refractivity contribution is 0.0573. The van der Waals surface area contributed by atoms with Gasteiger partial charge in [0, 0.05) is 4.47 Å². The van der Waals surface area contributed by atoms with Gasteiger partial charge in [0.05, 0.1) is 6.10 Å². The average molecular weight is 293 g/mol. The number of halogens is 3. The molecule has 1 fully saturated rings. The molecule has 0 heterocycles. The third-order valence-corrected chi connectivity index (χ3v) is 3.11.